The summed E-state index contributed by atoms with van der Waals surface area (Å²) >= 11 is 5.74. The zero-order valence-corrected chi connectivity index (χ0v) is 15.0. The minimum atomic E-state index is -0.675. The van der Waals surface area contributed by atoms with Crippen LogP contribution >= 0.6 is 11.6 Å². The third-order valence-electron chi connectivity index (χ3n) is 3.49. The summed E-state index contributed by atoms with van der Waals surface area (Å²) in [5.41, 5.74) is -0.572. The Morgan fingerprint density at radius 3 is 2.75 bits per heavy atom. The summed E-state index contributed by atoms with van der Waals surface area (Å²) in [7, 11) is 1.55. The zero-order valence-electron chi connectivity index (χ0n) is 14.3. The van der Waals surface area contributed by atoms with Crippen molar-refractivity contribution in [2.75, 3.05) is 38.3 Å². The van der Waals surface area contributed by atoms with Gasteiger partial charge < -0.3 is 19.3 Å². The van der Waals surface area contributed by atoms with Crippen molar-refractivity contribution in [1.29, 1.82) is 0 Å². The fourth-order valence-electron chi connectivity index (χ4n) is 2.50. The summed E-state index contributed by atoms with van der Waals surface area (Å²) in [6, 6.07) is -0.267. The molecule has 0 spiro atoms. The second-order valence-electron chi connectivity index (χ2n) is 6.53. The molecule has 1 saturated heterocycles. The molecule has 0 saturated carbocycles. The third kappa shape index (κ3) is 4.45. The van der Waals surface area contributed by atoms with Crippen molar-refractivity contribution >= 4 is 23.5 Å². The predicted octanol–water partition coefficient (Wildman–Crippen LogP) is 2.34. The molecule has 1 fully saturated rings. The Labute approximate surface area is 145 Å². The third-order valence-corrected chi connectivity index (χ3v) is 3.76. The van der Waals surface area contributed by atoms with Crippen molar-refractivity contribution in [3.8, 4) is 0 Å². The number of amides is 1. The number of aromatic nitrogens is 2. The second kappa shape index (κ2) is 7.48. The van der Waals surface area contributed by atoms with E-state index in [0.717, 1.165) is 0 Å². The van der Waals surface area contributed by atoms with Gasteiger partial charge in [0.2, 0.25) is 5.82 Å². The molecule has 0 aromatic carbocycles. The lowest BCUT2D eigenvalue weighted by Gasteiger charge is -2.41. The van der Waals surface area contributed by atoms with Gasteiger partial charge in [-0.2, -0.15) is 4.39 Å². The Morgan fingerprint density at radius 2 is 2.12 bits per heavy atom. The summed E-state index contributed by atoms with van der Waals surface area (Å²) in [5.74, 6) is -0.563. The number of piperazine rings is 1. The molecular weight excluding hydrogens is 339 g/mol. The molecule has 2 rings (SSSR count). The molecule has 0 N–H and O–H groups in total. The highest BCUT2D eigenvalue weighted by molar-refractivity contribution is 6.29. The summed E-state index contributed by atoms with van der Waals surface area (Å²) < 4.78 is 24.8. The largest absolute Gasteiger partial charge is 0.444 e. The Balaban J connectivity index is 2.16. The molecule has 1 aromatic rings. The standard InChI is InChI=1S/C15H22ClFN4O3/c1-15(2,3)24-14(22)20-5-6-21(10(7-20)8-23-4)13-11(17)12(16)18-9-19-13/h9-10H,5-8H2,1-4H3/t10-/m0/s1. The van der Waals surface area contributed by atoms with E-state index < -0.39 is 17.5 Å². The smallest absolute Gasteiger partial charge is 0.410 e. The van der Waals surface area contributed by atoms with Crippen LogP contribution in [0.1, 0.15) is 20.8 Å². The van der Waals surface area contributed by atoms with Crippen molar-refractivity contribution in [2.45, 2.75) is 32.4 Å². The van der Waals surface area contributed by atoms with Crippen LogP contribution in [0.15, 0.2) is 6.33 Å². The minimum absolute atomic E-state index is 0.112. The highest BCUT2D eigenvalue weighted by Gasteiger charge is 2.34. The van der Waals surface area contributed by atoms with Crippen LogP contribution in [-0.4, -0.2) is 66.0 Å². The monoisotopic (exact) mass is 360 g/mol. The number of halogens is 2. The van der Waals surface area contributed by atoms with Gasteiger partial charge in [-0.1, -0.05) is 11.6 Å². The number of methoxy groups -OCH3 is 1. The summed E-state index contributed by atoms with van der Waals surface area (Å²) in [6.07, 6.45) is 0.814. The molecular formula is C15H22ClFN4O3. The van der Waals surface area contributed by atoms with Crippen molar-refractivity contribution in [3.63, 3.8) is 0 Å². The van der Waals surface area contributed by atoms with E-state index >= 15 is 0 Å². The predicted molar refractivity (Wildman–Crippen MR) is 87.8 cm³/mol. The minimum Gasteiger partial charge on any atom is -0.444 e. The maximum atomic E-state index is 14.2. The van der Waals surface area contributed by atoms with Crippen molar-refractivity contribution in [3.05, 3.63) is 17.3 Å². The van der Waals surface area contributed by atoms with Gasteiger partial charge in [0, 0.05) is 26.7 Å². The highest BCUT2D eigenvalue weighted by Crippen LogP contribution is 2.25. The van der Waals surface area contributed by atoms with Crippen LogP contribution < -0.4 is 4.90 Å². The molecule has 0 unspecified atom stereocenters. The van der Waals surface area contributed by atoms with E-state index in [1.54, 1.807) is 16.9 Å². The number of hydrogen-bond donors (Lipinski definition) is 0. The number of hydrogen-bond acceptors (Lipinski definition) is 6. The number of carbonyl (C=O) groups excluding carboxylic acids is 1. The van der Waals surface area contributed by atoms with Gasteiger partial charge >= 0.3 is 6.09 Å². The van der Waals surface area contributed by atoms with Crippen LogP contribution in [0.4, 0.5) is 15.0 Å². The van der Waals surface area contributed by atoms with Crippen LogP contribution in [-0.2, 0) is 9.47 Å². The fraction of sp³-hybridized carbons (Fsp3) is 0.667. The van der Waals surface area contributed by atoms with Gasteiger partial charge in [0.05, 0.1) is 12.6 Å². The first kappa shape index (κ1) is 18.7. The Morgan fingerprint density at radius 1 is 1.42 bits per heavy atom. The van der Waals surface area contributed by atoms with E-state index in [1.807, 2.05) is 20.8 Å². The lowest BCUT2D eigenvalue weighted by Crippen LogP contribution is -2.57. The molecule has 134 valence electrons. The number of nitrogens with zero attached hydrogens (tertiary/aromatic N) is 4. The van der Waals surface area contributed by atoms with Gasteiger partial charge in [0.1, 0.15) is 11.9 Å². The Hall–Kier alpha value is -1.67. The van der Waals surface area contributed by atoms with Crippen LogP contribution in [0, 0.1) is 5.82 Å². The summed E-state index contributed by atoms with van der Waals surface area (Å²) in [4.78, 5) is 23.2. The van der Waals surface area contributed by atoms with Gasteiger partial charge in [-0.05, 0) is 20.8 Å². The topological polar surface area (TPSA) is 67.8 Å². The van der Waals surface area contributed by atoms with Gasteiger partial charge in [-0.3, -0.25) is 0 Å². The second-order valence-corrected chi connectivity index (χ2v) is 6.89. The molecule has 0 aliphatic carbocycles. The molecule has 1 aliphatic rings. The van der Waals surface area contributed by atoms with E-state index in [4.69, 9.17) is 21.1 Å². The fourth-order valence-corrected chi connectivity index (χ4v) is 2.63. The SMILES string of the molecule is COC[C@@H]1CN(C(=O)OC(C)(C)C)CCN1c1ncnc(Cl)c1F. The van der Waals surface area contributed by atoms with Crippen LogP contribution in [0.2, 0.25) is 5.15 Å². The molecule has 1 aliphatic heterocycles. The Kier molecular flexibility index (Phi) is 5.82. The Bertz CT molecular complexity index is 597. The lowest BCUT2D eigenvalue weighted by atomic mass is 10.1. The van der Waals surface area contributed by atoms with Crippen molar-refractivity contribution in [2.24, 2.45) is 0 Å². The van der Waals surface area contributed by atoms with E-state index in [9.17, 15) is 9.18 Å². The number of anilines is 1. The molecule has 0 radical (unpaired) electrons. The quantitative estimate of drug-likeness (QED) is 0.771. The van der Waals surface area contributed by atoms with Crippen molar-refractivity contribution in [1.82, 2.24) is 14.9 Å². The van der Waals surface area contributed by atoms with E-state index in [0.29, 0.717) is 26.2 Å². The van der Waals surface area contributed by atoms with Gasteiger partial charge in [0.15, 0.2) is 11.0 Å². The van der Waals surface area contributed by atoms with Crippen LogP contribution in [0.3, 0.4) is 0 Å². The number of rotatable bonds is 3. The average molecular weight is 361 g/mol. The molecule has 7 nitrogen and oxygen atoms in total. The molecule has 0 bridgehead atoms. The normalized spacial score (nSPS) is 18.7. The van der Waals surface area contributed by atoms with E-state index in [2.05, 4.69) is 9.97 Å². The van der Waals surface area contributed by atoms with E-state index in [-0.39, 0.29) is 17.0 Å². The summed E-state index contributed by atoms with van der Waals surface area (Å²) in [5, 5.41) is -0.231. The maximum absolute atomic E-state index is 14.2. The van der Waals surface area contributed by atoms with Gasteiger partial charge in [-0.25, -0.2) is 14.8 Å². The molecule has 1 aromatic heterocycles. The van der Waals surface area contributed by atoms with Gasteiger partial charge in [-0.15, -0.1) is 0 Å². The first-order chi connectivity index (χ1) is 11.2. The lowest BCUT2D eigenvalue weighted by molar-refractivity contribution is 0.0185. The number of ether oxygens (including phenoxy) is 2. The maximum Gasteiger partial charge on any atom is 0.410 e. The molecule has 24 heavy (non-hydrogen) atoms. The molecule has 9 heteroatoms. The first-order valence-electron chi connectivity index (χ1n) is 7.62. The molecule has 1 atom stereocenters. The van der Waals surface area contributed by atoms with E-state index in [1.165, 1.54) is 6.33 Å². The zero-order chi connectivity index (χ0) is 17.9. The summed E-state index contributed by atoms with van der Waals surface area (Å²) in [6.45, 7) is 6.85. The van der Waals surface area contributed by atoms with Crippen molar-refractivity contribution < 1.29 is 18.7 Å². The molecule has 2 heterocycles. The van der Waals surface area contributed by atoms with Gasteiger partial charge in [0.25, 0.3) is 0 Å². The highest BCUT2D eigenvalue weighted by atomic mass is 35.5. The van der Waals surface area contributed by atoms with Crippen LogP contribution in [0.25, 0.3) is 0 Å². The molecule has 1 amide bonds. The number of carbonyl (C=O) groups is 1. The van der Waals surface area contributed by atoms with Crippen LogP contribution in [0.5, 0.6) is 0 Å². The first-order valence-corrected chi connectivity index (χ1v) is 8.00. The average Bonchev–Trinajstić information content (AvgIpc) is 2.49.